The molecule has 0 aliphatic heterocycles. The summed E-state index contributed by atoms with van der Waals surface area (Å²) in [5.74, 6) is -0.543. The monoisotopic (exact) mass is 409 g/mol. The molecule has 6 nitrogen and oxygen atoms in total. The number of halogens is 1. The van der Waals surface area contributed by atoms with Gasteiger partial charge < -0.3 is 19.9 Å². The van der Waals surface area contributed by atoms with Crippen molar-refractivity contribution in [3.05, 3.63) is 89.5 Å². The van der Waals surface area contributed by atoms with Gasteiger partial charge in [0.15, 0.2) is 0 Å². The van der Waals surface area contributed by atoms with Crippen LogP contribution in [0.15, 0.2) is 66.9 Å². The van der Waals surface area contributed by atoms with Crippen LogP contribution in [0.4, 0.5) is 14.9 Å². The Morgan fingerprint density at radius 2 is 1.70 bits per heavy atom. The molecule has 2 N–H and O–H groups in total. The fourth-order valence-electron chi connectivity index (χ4n) is 2.98. The standard InChI is InChI=1S/C23H24FN3O3/c1-2-30-22(28)14-17-7-11-20(12-8-17)26-23(29)25-15-21-4-3-13-27(21)16-18-5-9-19(24)10-6-18/h3-13H,2,14-16H2,1H3,(H2,25,26,29). The van der Waals surface area contributed by atoms with Crippen molar-refractivity contribution in [3.63, 3.8) is 0 Å². The van der Waals surface area contributed by atoms with E-state index in [1.54, 1.807) is 43.3 Å². The highest BCUT2D eigenvalue weighted by Gasteiger charge is 2.07. The van der Waals surface area contributed by atoms with E-state index in [1.165, 1.54) is 12.1 Å². The van der Waals surface area contributed by atoms with Crippen LogP contribution in [0.1, 0.15) is 23.7 Å². The van der Waals surface area contributed by atoms with Gasteiger partial charge in [-0.2, -0.15) is 0 Å². The molecule has 2 amide bonds. The van der Waals surface area contributed by atoms with E-state index < -0.39 is 0 Å². The SMILES string of the molecule is CCOC(=O)Cc1ccc(NC(=O)NCc2cccn2Cc2ccc(F)cc2)cc1. The summed E-state index contributed by atoms with van der Waals surface area (Å²) in [7, 11) is 0. The summed E-state index contributed by atoms with van der Waals surface area (Å²) in [6.07, 6.45) is 2.12. The molecule has 1 heterocycles. The molecule has 0 unspecified atom stereocenters. The van der Waals surface area contributed by atoms with Crippen molar-refractivity contribution in [2.75, 3.05) is 11.9 Å². The predicted molar refractivity (Wildman–Crippen MR) is 113 cm³/mol. The Morgan fingerprint density at radius 3 is 2.40 bits per heavy atom. The maximum atomic E-state index is 13.1. The number of hydrogen-bond donors (Lipinski definition) is 2. The van der Waals surface area contributed by atoms with Gasteiger partial charge in [0.1, 0.15) is 5.82 Å². The van der Waals surface area contributed by atoms with Crippen LogP contribution in [0, 0.1) is 5.82 Å². The number of nitrogens with one attached hydrogen (secondary N) is 2. The van der Waals surface area contributed by atoms with Gasteiger partial charge in [-0.25, -0.2) is 9.18 Å². The smallest absolute Gasteiger partial charge is 0.319 e. The normalized spacial score (nSPS) is 10.5. The van der Waals surface area contributed by atoms with Crippen molar-refractivity contribution in [1.82, 2.24) is 9.88 Å². The molecule has 0 aliphatic rings. The number of ether oxygens (including phenoxy) is 1. The Balaban J connectivity index is 1.50. The maximum Gasteiger partial charge on any atom is 0.319 e. The Hall–Kier alpha value is -3.61. The molecule has 7 heteroatoms. The summed E-state index contributed by atoms with van der Waals surface area (Å²) in [4.78, 5) is 23.7. The number of amides is 2. The van der Waals surface area contributed by atoms with Gasteiger partial charge in [-0.3, -0.25) is 4.79 Å². The second-order valence-electron chi connectivity index (χ2n) is 6.74. The molecule has 0 fully saturated rings. The average Bonchev–Trinajstić information content (AvgIpc) is 3.17. The molecular weight excluding hydrogens is 385 g/mol. The Kier molecular flexibility index (Phi) is 7.21. The number of esters is 1. The number of carbonyl (C=O) groups excluding carboxylic acids is 2. The first-order valence-electron chi connectivity index (χ1n) is 9.71. The lowest BCUT2D eigenvalue weighted by Gasteiger charge is -2.12. The van der Waals surface area contributed by atoms with E-state index in [1.807, 2.05) is 22.9 Å². The van der Waals surface area contributed by atoms with Crippen molar-refractivity contribution in [2.24, 2.45) is 0 Å². The van der Waals surface area contributed by atoms with Gasteiger partial charge in [-0.05, 0) is 54.4 Å². The van der Waals surface area contributed by atoms with Gasteiger partial charge in [0, 0.05) is 24.1 Å². The van der Waals surface area contributed by atoms with Gasteiger partial charge in [0.2, 0.25) is 0 Å². The van der Waals surface area contributed by atoms with E-state index in [0.717, 1.165) is 16.8 Å². The molecular formula is C23H24FN3O3. The number of urea groups is 1. The second-order valence-corrected chi connectivity index (χ2v) is 6.74. The lowest BCUT2D eigenvalue weighted by Crippen LogP contribution is -2.29. The zero-order chi connectivity index (χ0) is 21.3. The van der Waals surface area contributed by atoms with Gasteiger partial charge >= 0.3 is 12.0 Å². The number of benzene rings is 2. The highest BCUT2D eigenvalue weighted by molar-refractivity contribution is 5.89. The summed E-state index contributed by atoms with van der Waals surface area (Å²) < 4.78 is 20.0. The first-order valence-corrected chi connectivity index (χ1v) is 9.71. The Bertz CT molecular complexity index is 982. The van der Waals surface area contributed by atoms with E-state index in [9.17, 15) is 14.0 Å². The molecule has 0 saturated carbocycles. The summed E-state index contributed by atoms with van der Waals surface area (Å²) in [6.45, 7) is 3.06. The molecule has 0 radical (unpaired) electrons. The van der Waals surface area contributed by atoms with E-state index in [-0.39, 0.29) is 24.2 Å². The highest BCUT2D eigenvalue weighted by atomic mass is 19.1. The van der Waals surface area contributed by atoms with Crippen molar-refractivity contribution in [1.29, 1.82) is 0 Å². The lowest BCUT2D eigenvalue weighted by atomic mass is 10.1. The van der Waals surface area contributed by atoms with Crippen LogP contribution >= 0.6 is 0 Å². The van der Waals surface area contributed by atoms with E-state index >= 15 is 0 Å². The molecule has 0 bridgehead atoms. The second kappa shape index (κ2) is 10.2. The summed E-state index contributed by atoms with van der Waals surface area (Å²) in [5.41, 5.74) is 3.35. The molecule has 0 saturated heterocycles. The Morgan fingerprint density at radius 1 is 1.00 bits per heavy atom. The average molecular weight is 409 g/mol. The third-order valence-electron chi connectivity index (χ3n) is 4.49. The maximum absolute atomic E-state index is 13.1. The zero-order valence-electron chi connectivity index (χ0n) is 16.7. The topological polar surface area (TPSA) is 72.4 Å². The third kappa shape index (κ3) is 6.20. The van der Waals surface area contributed by atoms with E-state index in [2.05, 4.69) is 10.6 Å². The van der Waals surface area contributed by atoms with Crippen LogP contribution < -0.4 is 10.6 Å². The summed E-state index contributed by atoms with van der Waals surface area (Å²) >= 11 is 0. The van der Waals surface area contributed by atoms with Gasteiger partial charge in [-0.1, -0.05) is 24.3 Å². The molecule has 156 valence electrons. The van der Waals surface area contributed by atoms with Crippen molar-refractivity contribution >= 4 is 17.7 Å². The summed E-state index contributed by atoms with van der Waals surface area (Å²) in [6, 6.07) is 16.9. The van der Waals surface area contributed by atoms with Crippen LogP contribution in [0.5, 0.6) is 0 Å². The van der Waals surface area contributed by atoms with Gasteiger partial charge in [0.25, 0.3) is 0 Å². The van der Waals surface area contributed by atoms with Gasteiger partial charge in [0.05, 0.1) is 19.6 Å². The number of nitrogens with zero attached hydrogens (tertiary/aromatic N) is 1. The van der Waals surface area contributed by atoms with Crippen LogP contribution in [0.2, 0.25) is 0 Å². The van der Waals surface area contributed by atoms with E-state index in [0.29, 0.717) is 25.4 Å². The molecule has 0 aliphatic carbocycles. The summed E-state index contributed by atoms with van der Waals surface area (Å²) in [5, 5.41) is 5.60. The van der Waals surface area contributed by atoms with Crippen LogP contribution in [0.25, 0.3) is 0 Å². The molecule has 2 aromatic carbocycles. The van der Waals surface area contributed by atoms with E-state index in [4.69, 9.17) is 4.74 Å². The van der Waals surface area contributed by atoms with Crippen LogP contribution in [-0.4, -0.2) is 23.2 Å². The quantitative estimate of drug-likeness (QED) is 0.550. The van der Waals surface area contributed by atoms with Crippen molar-refractivity contribution in [2.45, 2.75) is 26.4 Å². The molecule has 0 spiro atoms. The van der Waals surface area contributed by atoms with Crippen LogP contribution in [0.3, 0.4) is 0 Å². The zero-order valence-corrected chi connectivity index (χ0v) is 16.7. The number of rotatable bonds is 8. The molecule has 1 aromatic heterocycles. The number of hydrogen-bond acceptors (Lipinski definition) is 3. The lowest BCUT2D eigenvalue weighted by molar-refractivity contribution is -0.142. The molecule has 30 heavy (non-hydrogen) atoms. The first-order chi connectivity index (χ1) is 14.5. The highest BCUT2D eigenvalue weighted by Crippen LogP contribution is 2.12. The fraction of sp³-hybridized carbons (Fsp3) is 0.217. The fourth-order valence-corrected chi connectivity index (χ4v) is 2.98. The predicted octanol–water partition coefficient (Wildman–Crippen LogP) is 4.10. The first kappa shape index (κ1) is 21.1. The molecule has 3 rings (SSSR count). The third-order valence-corrected chi connectivity index (χ3v) is 4.49. The van der Waals surface area contributed by atoms with Crippen molar-refractivity contribution < 1.29 is 18.7 Å². The van der Waals surface area contributed by atoms with Crippen molar-refractivity contribution in [3.8, 4) is 0 Å². The molecule has 0 atom stereocenters. The minimum atomic E-state index is -0.331. The molecule has 3 aromatic rings. The van der Waals surface area contributed by atoms with Gasteiger partial charge in [-0.15, -0.1) is 0 Å². The minimum Gasteiger partial charge on any atom is -0.466 e. The number of anilines is 1. The number of aromatic nitrogens is 1. The largest absolute Gasteiger partial charge is 0.466 e. The number of carbonyl (C=O) groups is 2. The minimum absolute atomic E-state index is 0.200. The Labute approximate surface area is 174 Å². The van der Waals surface area contributed by atoms with Crippen LogP contribution in [-0.2, 0) is 29.0 Å².